The van der Waals surface area contributed by atoms with Crippen LogP contribution < -0.4 is 15.5 Å². The molecule has 0 bridgehead atoms. The van der Waals surface area contributed by atoms with Crippen molar-refractivity contribution in [3.05, 3.63) is 72.8 Å². The number of nitrogens with zero attached hydrogens (tertiary/aromatic N) is 3. The first-order chi connectivity index (χ1) is 16.6. The lowest BCUT2D eigenvalue weighted by atomic mass is 9.84. The first-order valence-electron chi connectivity index (χ1n) is 12.0. The van der Waals surface area contributed by atoms with Crippen LogP contribution in [0.2, 0.25) is 0 Å². The highest BCUT2D eigenvalue weighted by Crippen LogP contribution is 2.37. The van der Waals surface area contributed by atoms with E-state index < -0.39 is 5.54 Å². The van der Waals surface area contributed by atoms with E-state index in [1.807, 2.05) is 53.4 Å². The van der Waals surface area contributed by atoms with Crippen molar-refractivity contribution in [1.29, 1.82) is 0 Å². The number of carbonyl (C=O) groups excluding carboxylic acids is 2. The van der Waals surface area contributed by atoms with Crippen molar-refractivity contribution in [1.82, 2.24) is 15.1 Å². The molecule has 2 N–H and O–H groups in total. The molecule has 3 amide bonds. The third-order valence-electron chi connectivity index (χ3n) is 7.73. The first kappa shape index (κ1) is 21.0. The van der Waals surface area contributed by atoms with E-state index in [0.29, 0.717) is 12.7 Å². The number of hydrogen-bond acceptors (Lipinski definition) is 4. The highest BCUT2D eigenvalue weighted by molar-refractivity contribution is 6.01. The van der Waals surface area contributed by atoms with Crippen LogP contribution >= 0.6 is 0 Å². The fourth-order valence-corrected chi connectivity index (χ4v) is 5.67. The summed E-state index contributed by atoms with van der Waals surface area (Å²) in [4.78, 5) is 32.3. The second kappa shape index (κ2) is 8.33. The van der Waals surface area contributed by atoms with Gasteiger partial charge in [0.2, 0.25) is 5.91 Å². The highest BCUT2D eigenvalue weighted by atomic mass is 16.2. The van der Waals surface area contributed by atoms with Gasteiger partial charge in [0.05, 0.1) is 12.4 Å². The number of carbonyl (C=O) groups is 2. The summed E-state index contributed by atoms with van der Waals surface area (Å²) < 4.78 is 0. The zero-order valence-electron chi connectivity index (χ0n) is 19.1. The third-order valence-corrected chi connectivity index (χ3v) is 7.73. The van der Waals surface area contributed by atoms with Crippen LogP contribution in [0.4, 0.5) is 16.2 Å². The molecular weight excluding hydrogens is 426 g/mol. The van der Waals surface area contributed by atoms with Crippen LogP contribution in [0.1, 0.15) is 12.8 Å². The Morgan fingerprint density at radius 3 is 2.41 bits per heavy atom. The molecule has 174 valence electrons. The average Bonchev–Trinajstić information content (AvgIpc) is 3.15. The van der Waals surface area contributed by atoms with Crippen LogP contribution in [0, 0.1) is 0 Å². The molecule has 3 aromatic carbocycles. The number of benzene rings is 3. The topological polar surface area (TPSA) is 67.9 Å². The summed E-state index contributed by atoms with van der Waals surface area (Å²) in [7, 11) is 0. The Balaban J connectivity index is 1.06. The van der Waals surface area contributed by atoms with Gasteiger partial charge < -0.3 is 20.4 Å². The Morgan fingerprint density at radius 2 is 1.62 bits per heavy atom. The molecule has 34 heavy (non-hydrogen) atoms. The van der Waals surface area contributed by atoms with Crippen LogP contribution in [0.5, 0.6) is 0 Å². The predicted octanol–water partition coefficient (Wildman–Crippen LogP) is 3.48. The molecule has 7 nitrogen and oxygen atoms in total. The van der Waals surface area contributed by atoms with Gasteiger partial charge in [0.15, 0.2) is 0 Å². The number of para-hydroxylation sites is 1. The summed E-state index contributed by atoms with van der Waals surface area (Å²) >= 11 is 0. The Bertz CT molecular complexity index is 1210. The molecule has 3 aliphatic heterocycles. The normalized spacial score (nSPS) is 20.4. The molecular formula is C27H29N5O2. The van der Waals surface area contributed by atoms with Crippen molar-refractivity contribution in [3.63, 3.8) is 0 Å². The standard InChI is InChI=1S/C27H29N5O2/c33-25-27(32(19-28-25)21-9-2-1-3-10-21)13-15-30(16-14-27)22-17-31(18-22)26(34)29-24-12-6-8-20-7-4-5-11-23(20)24/h1-12,22H,13-19H2,(H,28,33)(H,29,34). The second-order valence-corrected chi connectivity index (χ2v) is 9.51. The molecule has 3 aromatic rings. The van der Waals surface area contributed by atoms with Crippen LogP contribution in [-0.4, -0.2) is 66.2 Å². The molecule has 3 aliphatic rings. The van der Waals surface area contributed by atoms with Crippen molar-refractivity contribution < 1.29 is 9.59 Å². The minimum atomic E-state index is -0.465. The van der Waals surface area contributed by atoms with Gasteiger partial charge in [0.1, 0.15) is 5.54 Å². The maximum atomic E-state index is 12.9. The lowest BCUT2D eigenvalue weighted by Gasteiger charge is -2.50. The third kappa shape index (κ3) is 3.47. The molecule has 0 atom stereocenters. The van der Waals surface area contributed by atoms with E-state index in [0.717, 1.165) is 61.2 Å². The average molecular weight is 456 g/mol. The van der Waals surface area contributed by atoms with E-state index >= 15 is 0 Å². The van der Waals surface area contributed by atoms with Crippen molar-refractivity contribution in [2.45, 2.75) is 24.4 Å². The zero-order valence-corrected chi connectivity index (χ0v) is 19.1. The molecule has 3 saturated heterocycles. The van der Waals surface area contributed by atoms with Gasteiger partial charge in [-0.05, 0) is 36.4 Å². The largest absolute Gasteiger partial charge is 0.339 e. The van der Waals surface area contributed by atoms with Crippen molar-refractivity contribution in [2.24, 2.45) is 0 Å². The molecule has 3 fully saturated rings. The maximum absolute atomic E-state index is 12.9. The fourth-order valence-electron chi connectivity index (χ4n) is 5.67. The van der Waals surface area contributed by atoms with Crippen LogP contribution in [0.25, 0.3) is 10.8 Å². The predicted molar refractivity (Wildman–Crippen MR) is 134 cm³/mol. The molecule has 0 aromatic heterocycles. The number of anilines is 2. The highest BCUT2D eigenvalue weighted by Gasteiger charge is 2.51. The second-order valence-electron chi connectivity index (χ2n) is 9.51. The summed E-state index contributed by atoms with van der Waals surface area (Å²) in [6.45, 7) is 3.73. The summed E-state index contributed by atoms with van der Waals surface area (Å²) in [5, 5.41) is 8.32. The summed E-state index contributed by atoms with van der Waals surface area (Å²) in [5.74, 6) is 0.140. The van der Waals surface area contributed by atoms with Gasteiger partial charge in [-0.1, -0.05) is 54.6 Å². The fraction of sp³-hybridized carbons (Fsp3) is 0.333. The van der Waals surface area contributed by atoms with E-state index in [1.54, 1.807) is 0 Å². The van der Waals surface area contributed by atoms with E-state index in [2.05, 4.69) is 44.7 Å². The van der Waals surface area contributed by atoms with Gasteiger partial charge in [-0.15, -0.1) is 0 Å². The van der Waals surface area contributed by atoms with E-state index in [-0.39, 0.29) is 11.9 Å². The van der Waals surface area contributed by atoms with Gasteiger partial charge in [-0.2, -0.15) is 0 Å². The number of fused-ring (bicyclic) bond motifs is 1. The van der Waals surface area contributed by atoms with Crippen LogP contribution in [0.15, 0.2) is 72.8 Å². The van der Waals surface area contributed by atoms with Crippen molar-refractivity contribution in [2.75, 3.05) is 43.1 Å². The number of amides is 3. The number of hydrogen-bond donors (Lipinski definition) is 2. The van der Waals surface area contributed by atoms with E-state index in [4.69, 9.17) is 0 Å². The monoisotopic (exact) mass is 455 g/mol. The molecule has 0 aliphatic carbocycles. The Kier molecular flexibility index (Phi) is 5.14. The van der Waals surface area contributed by atoms with Gasteiger partial charge >= 0.3 is 6.03 Å². The summed E-state index contributed by atoms with van der Waals surface area (Å²) in [5.41, 5.74) is 1.47. The minimum Gasteiger partial charge on any atom is -0.339 e. The molecule has 6 rings (SSSR count). The molecule has 0 unspecified atom stereocenters. The van der Waals surface area contributed by atoms with Gasteiger partial charge in [0.25, 0.3) is 0 Å². The van der Waals surface area contributed by atoms with Crippen molar-refractivity contribution >= 4 is 34.1 Å². The Labute approximate surface area is 199 Å². The number of nitrogens with one attached hydrogen (secondary N) is 2. The molecule has 0 saturated carbocycles. The van der Waals surface area contributed by atoms with E-state index in [9.17, 15) is 9.59 Å². The van der Waals surface area contributed by atoms with Gasteiger partial charge in [-0.3, -0.25) is 9.69 Å². The van der Waals surface area contributed by atoms with Crippen LogP contribution in [0.3, 0.4) is 0 Å². The SMILES string of the molecule is O=C(Nc1cccc2ccccc12)N1CC(N2CCC3(CC2)C(=O)NCN3c2ccccc2)C1. The molecule has 0 radical (unpaired) electrons. The number of likely N-dealkylation sites (tertiary alicyclic amines) is 2. The smallest absolute Gasteiger partial charge is 0.321 e. The number of rotatable bonds is 3. The van der Waals surface area contributed by atoms with Gasteiger partial charge in [0, 0.05) is 43.3 Å². The van der Waals surface area contributed by atoms with Crippen molar-refractivity contribution in [3.8, 4) is 0 Å². The quantitative estimate of drug-likeness (QED) is 0.635. The Morgan fingerprint density at radius 1 is 0.912 bits per heavy atom. The summed E-state index contributed by atoms with van der Waals surface area (Å²) in [6, 6.07) is 24.6. The van der Waals surface area contributed by atoms with Gasteiger partial charge in [-0.25, -0.2) is 4.79 Å². The zero-order chi connectivity index (χ0) is 23.1. The molecule has 7 heteroatoms. The Hall–Kier alpha value is -3.58. The lowest BCUT2D eigenvalue weighted by Crippen LogP contribution is -2.65. The summed E-state index contributed by atoms with van der Waals surface area (Å²) in [6.07, 6.45) is 1.60. The number of piperidine rings is 1. The lowest BCUT2D eigenvalue weighted by molar-refractivity contribution is -0.125. The van der Waals surface area contributed by atoms with E-state index in [1.165, 1.54) is 0 Å². The van der Waals surface area contributed by atoms with Crippen LogP contribution in [-0.2, 0) is 4.79 Å². The minimum absolute atomic E-state index is 0.0495. The molecule has 1 spiro atoms. The molecule has 3 heterocycles. The number of urea groups is 1. The first-order valence-corrected chi connectivity index (χ1v) is 12.0. The maximum Gasteiger partial charge on any atom is 0.321 e.